The van der Waals surface area contributed by atoms with Gasteiger partial charge >= 0.3 is 6.18 Å². The lowest BCUT2D eigenvalue weighted by Gasteiger charge is -2.34. The van der Waals surface area contributed by atoms with Crippen molar-refractivity contribution in [1.82, 2.24) is 4.98 Å². The highest BCUT2D eigenvalue weighted by Crippen LogP contribution is 2.29. The second kappa shape index (κ2) is 4.87. The van der Waals surface area contributed by atoms with Crippen LogP contribution in [-0.2, 0) is 12.7 Å². The monoisotopic (exact) mass is 308 g/mol. The lowest BCUT2D eigenvalue weighted by molar-refractivity contribution is -0.913. The third-order valence-electron chi connectivity index (χ3n) is 3.27. The molecular weight excluding hydrogens is 297 g/mol. The molecule has 0 amide bonds. The van der Waals surface area contributed by atoms with Crippen molar-refractivity contribution >= 4 is 5.71 Å². The Balaban J connectivity index is 2.08. The molecule has 8 heteroatoms. The number of quaternary nitrogens is 1. The molecule has 0 saturated carbocycles. The van der Waals surface area contributed by atoms with Crippen LogP contribution in [0.15, 0.2) is 47.7 Å². The van der Waals surface area contributed by atoms with Gasteiger partial charge < -0.3 is 5.21 Å². The van der Waals surface area contributed by atoms with E-state index in [2.05, 4.69) is 10.1 Å². The molecule has 1 aromatic carbocycles. The summed E-state index contributed by atoms with van der Waals surface area (Å²) < 4.78 is 37.7. The Bertz CT molecular complexity index is 738. The van der Waals surface area contributed by atoms with E-state index in [0.717, 1.165) is 12.3 Å². The Labute approximate surface area is 123 Å². The van der Waals surface area contributed by atoms with Gasteiger partial charge in [0.05, 0.1) is 0 Å². The summed E-state index contributed by atoms with van der Waals surface area (Å²) in [5.74, 6) is 5.51. The van der Waals surface area contributed by atoms with Crippen molar-refractivity contribution in [2.75, 3.05) is 0 Å². The molecular formula is C14H11F3N4O. The van der Waals surface area contributed by atoms with E-state index in [1.807, 2.05) is 0 Å². The van der Waals surface area contributed by atoms with Crippen molar-refractivity contribution in [2.45, 2.75) is 12.7 Å². The molecule has 0 spiro atoms. The molecule has 2 N–H and O–H groups in total. The summed E-state index contributed by atoms with van der Waals surface area (Å²) in [6.45, 7) is -0.0340. The summed E-state index contributed by atoms with van der Waals surface area (Å²) in [5, 5.41) is 15.9. The zero-order valence-electron chi connectivity index (χ0n) is 11.2. The minimum absolute atomic E-state index is 0.0340. The van der Waals surface area contributed by atoms with Crippen molar-refractivity contribution in [1.29, 1.82) is 0 Å². The molecule has 1 atom stereocenters. The SMILES string of the molecule is N[N+]1([O-])Cc2ccccc2C(c2ccc(C(F)(F)F)nc2)=N1. The van der Waals surface area contributed by atoms with E-state index in [4.69, 9.17) is 5.84 Å². The topological polar surface area (TPSA) is 74.3 Å². The number of fused-ring (bicyclic) bond motifs is 1. The van der Waals surface area contributed by atoms with Gasteiger partial charge in [0.25, 0.3) is 0 Å². The fraction of sp³-hybridized carbons (Fsp3) is 0.143. The maximum Gasteiger partial charge on any atom is 0.433 e. The van der Waals surface area contributed by atoms with Crippen molar-refractivity contribution in [3.8, 4) is 0 Å². The standard InChI is InChI=1S/C14H11F3N4O/c15-14(16,17)12-6-5-9(7-19-12)13-11-4-2-1-3-10(11)8-21(18,22)20-13/h1-7H,8,18H2. The number of hydroxylamine groups is 1. The number of pyridine rings is 1. The van der Waals surface area contributed by atoms with Crippen LogP contribution in [0.5, 0.6) is 0 Å². The fourth-order valence-electron chi connectivity index (χ4n) is 2.31. The van der Waals surface area contributed by atoms with E-state index >= 15 is 0 Å². The second-order valence-electron chi connectivity index (χ2n) is 4.95. The van der Waals surface area contributed by atoms with Crippen molar-refractivity contribution < 1.29 is 18.0 Å². The number of rotatable bonds is 1. The minimum Gasteiger partial charge on any atom is -0.584 e. The first-order valence-corrected chi connectivity index (χ1v) is 6.36. The third-order valence-corrected chi connectivity index (χ3v) is 3.27. The Morgan fingerprint density at radius 3 is 2.50 bits per heavy atom. The Morgan fingerprint density at radius 1 is 1.14 bits per heavy atom. The molecule has 1 aliphatic heterocycles. The number of alkyl halides is 3. The number of nitrogens with two attached hydrogens (primary N) is 1. The minimum atomic E-state index is -4.52. The molecule has 5 nitrogen and oxygen atoms in total. The normalized spacial score (nSPS) is 21.2. The number of benzene rings is 1. The van der Waals surface area contributed by atoms with Crippen LogP contribution < -0.4 is 5.84 Å². The van der Waals surface area contributed by atoms with Gasteiger partial charge in [-0.15, -0.1) is 0 Å². The van der Waals surface area contributed by atoms with Gasteiger partial charge in [0.15, 0.2) is 0 Å². The van der Waals surface area contributed by atoms with E-state index in [-0.39, 0.29) is 12.3 Å². The predicted molar refractivity (Wildman–Crippen MR) is 72.8 cm³/mol. The van der Waals surface area contributed by atoms with Gasteiger partial charge in [0, 0.05) is 22.9 Å². The first-order chi connectivity index (χ1) is 10.3. The molecule has 0 bridgehead atoms. The molecule has 0 saturated heterocycles. The van der Waals surface area contributed by atoms with E-state index in [9.17, 15) is 18.4 Å². The van der Waals surface area contributed by atoms with Gasteiger partial charge in [0.2, 0.25) is 0 Å². The van der Waals surface area contributed by atoms with Crippen LogP contribution in [0, 0.1) is 5.21 Å². The molecule has 1 aliphatic rings. The molecule has 0 radical (unpaired) electrons. The van der Waals surface area contributed by atoms with E-state index in [0.29, 0.717) is 16.7 Å². The molecule has 22 heavy (non-hydrogen) atoms. The van der Waals surface area contributed by atoms with E-state index in [1.54, 1.807) is 24.3 Å². The molecule has 1 unspecified atom stereocenters. The molecule has 2 heterocycles. The highest BCUT2D eigenvalue weighted by Gasteiger charge is 2.33. The van der Waals surface area contributed by atoms with Gasteiger partial charge in [0.1, 0.15) is 18.0 Å². The number of nitrogens with zero attached hydrogens (tertiary/aromatic N) is 3. The third kappa shape index (κ3) is 2.71. The van der Waals surface area contributed by atoms with Crippen LogP contribution in [0.1, 0.15) is 22.4 Å². The van der Waals surface area contributed by atoms with Crippen LogP contribution in [0.3, 0.4) is 0 Å². The quantitative estimate of drug-likeness (QED) is 0.500. The average molecular weight is 308 g/mol. The molecule has 114 valence electrons. The van der Waals surface area contributed by atoms with Crippen LogP contribution in [0.4, 0.5) is 13.2 Å². The van der Waals surface area contributed by atoms with Crippen LogP contribution in [0.25, 0.3) is 0 Å². The predicted octanol–water partition coefficient (Wildman–Crippen LogP) is 2.55. The maximum absolute atomic E-state index is 12.6. The summed E-state index contributed by atoms with van der Waals surface area (Å²) in [6.07, 6.45) is -3.47. The second-order valence-corrected chi connectivity index (χ2v) is 4.95. The van der Waals surface area contributed by atoms with Gasteiger partial charge in [-0.3, -0.25) is 4.98 Å². The Hall–Kier alpha value is -2.29. The van der Waals surface area contributed by atoms with Crippen LogP contribution >= 0.6 is 0 Å². The highest BCUT2D eigenvalue weighted by molar-refractivity contribution is 6.13. The van der Waals surface area contributed by atoms with Gasteiger partial charge in [-0.05, 0) is 12.1 Å². The molecule has 0 fully saturated rings. The number of halogens is 3. The molecule has 1 aromatic heterocycles. The molecule has 2 aromatic rings. The summed E-state index contributed by atoms with van der Waals surface area (Å²) in [5.41, 5.74) is 0.894. The zero-order chi connectivity index (χ0) is 16.0. The van der Waals surface area contributed by atoms with Crippen molar-refractivity contribution in [3.05, 3.63) is 70.2 Å². The number of hydrogen-bond donors (Lipinski definition) is 1. The van der Waals surface area contributed by atoms with Crippen molar-refractivity contribution in [2.24, 2.45) is 10.9 Å². The largest absolute Gasteiger partial charge is 0.584 e. The van der Waals surface area contributed by atoms with E-state index < -0.39 is 16.7 Å². The lowest BCUT2D eigenvalue weighted by atomic mass is 9.97. The molecule has 0 aliphatic carbocycles. The van der Waals surface area contributed by atoms with Gasteiger partial charge in [-0.2, -0.15) is 23.9 Å². The maximum atomic E-state index is 12.6. The summed E-state index contributed by atoms with van der Waals surface area (Å²) >= 11 is 0. The van der Waals surface area contributed by atoms with E-state index in [1.165, 1.54) is 6.07 Å². The first kappa shape index (κ1) is 14.6. The fourth-order valence-corrected chi connectivity index (χ4v) is 2.31. The zero-order valence-corrected chi connectivity index (χ0v) is 11.2. The Kier molecular flexibility index (Phi) is 3.24. The van der Waals surface area contributed by atoms with Gasteiger partial charge in [-0.1, -0.05) is 29.4 Å². The number of aromatic nitrogens is 1. The lowest BCUT2D eigenvalue weighted by Crippen LogP contribution is -2.46. The average Bonchev–Trinajstić information content (AvgIpc) is 2.44. The smallest absolute Gasteiger partial charge is 0.433 e. The number of hydrogen-bond acceptors (Lipinski definition) is 4. The summed E-state index contributed by atoms with van der Waals surface area (Å²) in [7, 11) is 0. The Morgan fingerprint density at radius 2 is 1.86 bits per heavy atom. The van der Waals surface area contributed by atoms with Crippen molar-refractivity contribution in [3.63, 3.8) is 0 Å². The molecule has 3 rings (SSSR count). The summed E-state index contributed by atoms with van der Waals surface area (Å²) in [4.78, 5) is 2.04. The highest BCUT2D eigenvalue weighted by atomic mass is 19.4. The van der Waals surface area contributed by atoms with Crippen LogP contribution in [-0.4, -0.2) is 15.6 Å². The first-order valence-electron chi connectivity index (χ1n) is 6.36. The summed E-state index contributed by atoms with van der Waals surface area (Å²) in [6, 6.07) is 9.08. The van der Waals surface area contributed by atoms with Gasteiger partial charge in [-0.25, -0.2) is 0 Å². The van der Waals surface area contributed by atoms with Crippen LogP contribution in [0.2, 0.25) is 0 Å².